The molecule has 0 heterocycles. The summed E-state index contributed by atoms with van der Waals surface area (Å²) in [4.78, 5) is 9.08. The van der Waals surface area contributed by atoms with Crippen molar-refractivity contribution < 1.29 is 28.7 Å². The van der Waals surface area contributed by atoms with Gasteiger partial charge in [-0.3, -0.25) is 9.05 Å². The molecular formula is C8H19O6P. The second-order valence-electron chi connectivity index (χ2n) is 3.14. The molecule has 3 N–H and O–H groups in total. The lowest BCUT2D eigenvalue weighted by Gasteiger charge is -2.13. The van der Waals surface area contributed by atoms with Gasteiger partial charge in [0, 0.05) is 0 Å². The van der Waals surface area contributed by atoms with E-state index in [1.165, 1.54) is 0 Å². The third kappa shape index (κ3) is 8.99. The molecule has 6 nitrogen and oxygen atoms in total. The van der Waals surface area contributed by atoms with Gasteiger partial charge in [0.25, 0.3) is 0 Å². The van der Waals surface area contributed by atoms with Gasteiger partial charge in [0.15, 0.2) is 0 Å². The highest BCUT2D eigenvalue weighted by molar-refractivity contribution is 7.47. The smallest absolute Gasteiger partial charge is 0.394 e. The van der Waals surface area contributed by atoms with E-state index >= 15 is 0 Å². The molecule has 0 aromatic carbocycles. The standard InChI is InChI=1S/C8H19O6P/c1-2-3-4-5-13-15(11,12)14-7-8(10)6-9/h8-10H,2-7H2,1H3,(H,11,12). The molecule has 0 aliphatic heterocycles. The highest BCUT2D eigenvalue weighted by Gasteiger charge is 2.21. The quantitative estimate of drug-likeness (QED) is 0.406. The predicted molar refractivity (Wildman–Crippen MR) is 54.3 cm³/mol. The number of unbranched alkanes of at least 4 members (excludes halogenated alkanes) is 2. The number of hydrogen-bond donors (Lipinski definition) is 3. The van der Waals surface area contributed by atoms with Crippen LogP contribution in [0.25, 0.3) is 0 Å². The summed E-state index contributed by atoms with van der Waals surface area (Å²) in [6.07, 6.45) is 1.43. The van der Waals surface area contributed by atoms with Gasteiger partial charge >= 0.3 is 7.82 Å². The van der Waals surface area contributed by atoms with Crippen LogP contribution in [0.5, 0.6) is 0 Å². The highest BCUT2D eigenvalue weighted by Crippen LogP contribution is 2.43. The maximum atomic E-state index is 11.1. The lowest BCUT2D eigenvalue weighted by atomic mass is 10.3. The summed E-state index contributed by atoms with van der Waals surface area (Å²) in [5, 5.41) is 17.3. The van der Waals surface area contributed by atoms with Gasteiger partial charge in [-0.2, -0.15) is 0 Å². The summed E-state index contributed by atoms with van der Waals surface area (Å²) in [5.74, 6) is 0. The predicted octanol–water partition coefficient (Wildman–Crippen LogP) is 0.663. The Balaban J connectivity index is 3.62. The molecule has 0 aliphatic carbocycles. The normalized spacial score (nSPS) is 17.3. The van der Waals surface area contributed by atoms with Gasteiger partial charge in [-0.1, -0.05) is 19.8 Å². The van der Waals surface area contributed by atoms with Crippen molar-refractivity contribution in [3.63, 3.8) is 0 Å². The van der Waals surface area contributed by atoms with Crippen molar-refractivity contribution in [1.29, 1.82) is 0 Å². The number of aliphatic hydroxyl groups excluding tert-OH is 2. The van der Waals surface area contributed by atoms with Gasteiger partial charge < -0.3 is 15.1 Å². The van der Waals surface area contributed by atoms with Crippen molar-refractivity contribution in [2.24, 2.45) is 0 Å². The van der Waals surface area contributed by atoms with Gasteiger partial charge in [-0.05, 0) is 6.42 Å². The fourth-order valence-electron chi connectivity index (χ4n) is 0.802. The van der Waals surface area contributed by atoms with Crippen LogP contribution in [0, 0.1) is 0 Å². The zero-order valence-corrected chi connectivity index (χ0v) is 9.73. The molecule has 0 aromatic rings. The SMILES string of the molecule is CCCCCOP(=O)(O)OCC(O)CO. The average Bonchev–Trinajstić information content (AvgIpc) is 2.21. The Labute approximate surface area is 89.5 Å². The molecule has 0 aliphatic rings. The van der Waals surface area contributed by atoms with E-state index in [0.29, 0.717) is 6.42 Å². The van der Waals surface area contributed by atoms with E-state index in [1.54, 1.807) is 0 Å². The average molecular weight is 242 g/mol. The lowest BCUT2D eigenvalue weighted by molar-refractivity contribution is 0.0361. The molecule has 0 saturated carbocycles. The zero-order chi connectivity index (χ0) is 11.7. The lowest BCUT2D eigenvalue weighted by Crippen LogP contribution is -2.18. The largest absolute Gasteiger partial charge is 0.472 e. The molecule has 0 saturated heterocycles. The molecule has 0 aromatic heterocycles. The number of hydrogen-bond acceptors (Lipinski definition) is 5. The van der Waals surface area contributed by atoms with Gasteiger partial charge in [0.1, 0.15) is 6.10 Å². The fourth-order valence-corrected chi connectivity index (χ4v) is 1.60. The number of aliphatic hydroxyl groups is 2. The van der Waals surface area contributed by atoms with Crippen molar-refractivity contribution >= 4 is 7.82 Å². The minimum absolute atomic E-state index is 0.150. The monoisotopic (exact) mass is 242 g/mol. The van der Waals surface area contributed by atoms with Gasteiger partial charge in [0.05, 0.1) is 19.8 Å². The van der Waals surface area contributed by atoms with Crippen LogP contribution in [0.15, 0.2) is 0 Å². The minimum atomic E-state index is -4.07. The Morgan fingerprint density at radius 2 is 2.00 bits per heavy atom. The van der Waals surface area contributed by atoms with Crippen LogP contribution < -0.4 is 0 Å². The van der Waals surface area contributed by atoms with Crippen molar-refractivity contribution in [2.75, 3.05) is 19.8 Å². The van der Waals surface area contributed by atoms with Gasteiger partial charge in [0.2, 0.25) is 0 Å². The van der Waals surface area contributed by atoms with E-state index in [9.17, 15) is 4.57 Å². The van der Waals surface area contributed by atoms with E-state index in [2.05, 4.69) is 9.05 Å². The molecule has 15 heavy (non-hydrogen) atoms. The molecule has 0 rings (SSSR count). The summed E-state index contributed by atoms with van der Waals surface area (Å²) in [6, 6.07) is 0. The van der Waals surface area contributed by atoms with Crippen molar-refractivity contribution in [3.05, 3.63) is 0 Å². The Morgan fingerprint density at radius 1 is 1.33 bits per heavy atom. The van der Waals surface area contributed by atoms with Crippen LogP contribution >= 0.6 is 7.82 Å². The summed E-state index contributed by atoms with van der Waals surface area (Å²) < 4.78 is 20.2. The van der Waals surface area contributed by atoms with E-state index in [-0.39, 0.29) is 6.61 Å². The first-order valence-electron chi connectivity index (χ1n) is 4.92. The zero-order valence-electron chi connectivity index (χ0n) is 8.83. The maximum Gasteiger partial charge on any atom is 0.472 e. The first kappa shape index (κ1) is 15.0. The summed E-state index contributed by atoms with van der Waals surface area (Å²) in [7, 11) is -4.07. The van der Waals surface area contributed by atoms with Gasteiger partial charge in [-0.25, -0.2) is 4.57 Å². The van der Waals surface area contributed by atoms with Crippen molar-refractivity contribution in [1.82, 2.24) is 0 Å². The Hall–Kier alpha value is 0.0300. The molecular weight excluding hydrogens is 223 g/mol. The number of phosphoric acid groups is 1. The second-order valence-corrected chi connectivity index (χ2v) is 4.59. The van der Waals surface area contributed by atoms with E-state index in [1.807, 2.05) is 6.92 Å². The highest BCUT2D eigenvalue weighted by atomic mass is 31.2. The minimum Gasteiger partial charge on any atom is -0.394 e. The molecule has 2 atom stereocenters. The van der Waals surface area contributed by atoms with Crippen molar-refractivity contribution in [3.8, 4) is 0 Å². The topological polar surface area (TPSA) is 96.2 Å². The van der Waals surface area contributed by atoms with Crippen LogP contribution in [-0.4, -0.2) is 41.0 Å². The fraction of sp³-hybridized carbons (Fsp3) is 1.00. The molecule has 92 valence electrons. The molecule has 0 radical (unpaired) electrons. The Kier molecular flexibility index (Phi) is 8.23. The Morgan fingerprint density at radius 3 is 2.53 bits per heavy atom. The molecule has 2 unspecified atom stereocenters. The Bertz CT molecular complexity index is 198. The van der Waals surface area contributed by atoms with Crippen LogP contribution in [0.1, 0.15) is 26.2 Å². The summed E-state index contributed by atoms with van der Waals surface area (Å²) >= 11 is 0. The number of phosphoric ester groups is 1. The summed E-state index contributed by atoms with van der Waals surface area (Å²) in [5.41, 5.74) is 0. The summed E-state index contributed by atoms with van der Waals surface area (Å²) in [6.45, 7) is 1.22. The van der Waals surface area contributed by atoms with E-state index in [0.717, 1.165) is 12.8 Å². The first-order valence-corrected chi connectivity index (χ1v) is 6.42. The molecule has 0 bridgehead atoms. The molecule has 0 spiro atoms. The van der Waals surface area contributed by atoms with Crippen molar-refractivity contribution in [2.45, 2.75) is 32.3 Å². The van der Waals surface area contributed by atoms with Gasteiger partial charge in [-0.15, -0.1) is 0 Å². The molecule has 7 heteroatoms. The van der Waals surface area contributed by atoms with Crippen LogP contribution in [0.3, 0.4) is 0 Å². The number of rotatable bonds is 9. The molecule has 0 fully saturated rings. The first-order chi connectivity index (χ1) is 7.02. The van der Waals surface area contributed by atoms with Crippen LogP contribution in [0.2, 0.25) is 0 Å². The van der Waals surface area contributed by atoms with Crippen LogP contribution in [-0.2, 0) is 13.6 Å². The maximum absolute atomic E-state index is 11.1. The third-order valence-electron chi connectivity index (χ3n) is 1.64. The molecule has 0 amide bonds. The van der Waals surface area contributed by atoms with E-state index in [4.69, 9.17) is 15.1 Å². The van der Waals surface area contributed by atoms with E-state index < -0.39 is 27.1 Å². The van der Waals surface area contributed by atoms with Crippen LogP contribution in [0.4, 0.5) is 0 Å². The second kappa shape index (κ2) is 8.21. The third-order valence-corrected chi connectivity index (χ3v) is 2.63.